The van der Waals surface area contributed by atoms with Gasteiger partial charge in [-0.25, -0.2) is 4.98 Å². The minimum Gasteiger partial charge on any atom is -0.379 e. The lowest BCUT2D eigenvalue weighted by molar-refractivity contribution is 0.485. The van der Waals surface area contributed by atoms with E-state index in [1.165, 1.54) is 0 Å². The van der Waals surface area contributed by atoms with Crippen LogP contribution in [0, 0.1) is 27.7 Å². The summed E-state index contributed by atoms with van der Waals surface area (Å²) in [7, 11) is -4.00. The molecule has 2 heterocycles. The van der Waals surface area contributed by atoms with E-state index in [9.17, 15) is 8.42 Å². The number of pyridine rings is 1. The van der Waals surface area contributed by atoms with Crippen LogP contribution in [0.15, 0.2) is 59.6 Å². The van der Waals surface area contributed by atoms with Gasteiger partial charge in [0.25, 0.3) is 0 Å². The molecule has 0 amide bonds. The topological polar surface area (TPSA) is 72.7 Å². The first kappa shape index (κ1) is 23.8. The molecule has 0 atom stereocenters. The Balaban J connectivity index is 1.79. The van der Waals surface area contributed by atoms with Crippen molar-refractivity contribution in [1.82, 2.24) is 9.38 Å². The normalized spacial score (nSPS) is 12.2. The Hall–Kier alpha value is -3.32. The Bertz CT molecular complexity index is 1470. The van der Waals surface area contributed by atoms with Gasteiger partial charge in [-0.15, -0.1) is 0 Å². The number of hydrogen-bond acceptors (Lipinski definition) is 5. The number of benzene rings is 2. The lowest BCUT2D eigenvalue weighted by Gasteiger charge is -2.22. The van der Waals surface area contributed by atoms with Gasteiger partial charge in [0.1, 0.15) is 27.8 Å². The van der Waals surface area contributed by atoms with Crippen LogP contribution in [0.3, 0.4) is 0 Å². The van der Waals surface area contributed by atoms with Crippen molar-refractivity contribution in [3.63, 3.8) is 0 Å². The number of fused-ring (bicyclic) bond motifs is 1. The highest BCUT2D eigenvalue weighted by atomic mass is 32.2. The molecule has 0 aliphatic carbocycles. The first-order valence-corrected chi connectivity index (χ1v) is 12.6. The van der Waals surface area contributed by atoms with Crippen molar-refractivity contribution in [2.24, 2.45) is 0 Å². The maximum atomic E-state index is 13.2. The predicted octanol–water partition coefficient (Wildman–Crippen LogP) is 6.21. The summed E-state index contributed by atoms with van der Waals surface area (Å²) in [5, 5.41) is 3.55. The number of imidazole rings is 1. The Kier molecular flexibility index (Phi) is 5.94. The first-order valence-electron chi connectivity index (χ1n) is 11.2. The molecule has 34 heavy (non-hydrogen) atoms. The molecule has 0 aliphatic rings. The highest BCUT2D eigenvalue weighted by Gasteiger charge is 2.24. The summed E-state index contributed by atoms with van der Waals surface area (Å²) in [6, 6.07) is 14.8. The molecule has 4 aromatic rings. The first-order chi connectivity index (χ1) is 15.8. The lowest BCUT2D eigenvalue weighted by Crippen LogP contribution is -2.27. The van der Waals surface area contributed by atoms with E-state index < -0.39 is 10.1 Å². The molecule has 2 aromatic carbocycles. The third-order valence-electron chi connectivity index (χ3n) is 5.44. The molecule has 6 nitrogen and oxygen atoms in total. The zero-order chi connectivity index (χ0) is 24.8. The molecular weight excluding hydrogens is 446 g/mol. The maximum Gasteiger partial charge on any atom is 0.339 e. The van der Waals surface area contributed by atoms with Gasteiger partial charge in [0, 0.05) is 17.3 Å². The predicted molar refractivity (Wildman–Crippen MR) is 137 cm³/mol. The van der Waals surface area contributed by atoms with E-state index in [4.69, 9.17) is 9.17 Å². The molecule has 1 N–H and O–H groups in total. The van der Waals surface area contributed by atoms with Crippen LogP contribution in [0.5, 0.6) is 5.75 Å². The number of aryl methyl sites for hydroxylation is 4. The van der Waals surface area contributed by atoms with Gasteiger partial charge < -0.3 is 9.50 Å². The van der Waals surface area contributed by atoms with Crippen LogP contribution in [0.25, 0.3) is 16.9 Å². The Morgan fingerprint density at radius 3 is 2.24 bits per heavy atom. The summed E-state index contributed by atoms with van der Waals surface area (Å²) >= 11 is 0. The summed E-state index contributed by atoms with van der Waals surface area (Å²) in [5.41, 5.74) is 5.56. The van der Waals surface area contributed by atoms with Crippen molar-refractivity contribution >= 4 is 21.6 Å². The van der Waals surface area contributed by atoms with E-state index in [0.717, 1.165) is 33.8 Å². The molecule has 7 heteroatoms. The molecule has 0 unspecified atom stereocenters. The summed E-state index contributed by atoms with van der Waals surface area (Å²) in [6.45, 7) is 13.8. The van der Waals surface area contributed by atoms with Crippen molar-refractivity contribution in [1.29, 1.82) is 0 Å². The lowest BCUT2D eigenvalue weighted by atomic mass is 10.1. The van der Waals surface area contributed by atoms with E-state index in [1.54, 1.807) is 32.0 Å². The number of nitrogens with one attached hydrogen (secondary N) is 1. The van der Waals surface area contributed by atoms with E-state index in [1.807, 2.05) is 54.8 Å². The Labute approximate surface area is 201 Å². The van der Waals surface area contributed by atoms with Gasteiger partial charge in [0.2, 0.25) is 0 Å². The van der Waals surface area contributed by atoms with Gasteiger partial charge in [-0.2, -0.15) is 8.42 Å². The SMILES string of the molecule is Cc1cc(C)c(S(=O)(=O)Oc2cccc(-c3nc4cc(C)ccn4c3NC(C)(C)C)c2)c(C)c1. The van der Waals surface area contributed by atoms with Crippen LogP contribution in [0.1, 0.15) is 43.0 Å². The van der Waals surface area contributed by atoms with Crippen molar-refractivity contribution < 1.29 is 12.6 Å². The van der Waals surface area contributed by atoms with Gasteiger partial charge in [-0.1, -0.05) is 29.8 Å². The third-order valence-corrected chi connectivity index (χ3v) is 7.00. The molecule has 0 radical (unpaired) electrons. The van der Waals surface area contributed by atoms with E-state index in [0.29, 0.717) is 11.1 Å². The summed E-state index contributed by atoms with van der Waals surface area (Å²) < 4.78 is 34.0. The van der Waals surface area contributed by atoms with Gasteiger partial charge in [-0.3, -0.25) is 4.40 Å². The Morgan fingerprint density at radius 2 is 1.59 bits per heavy atom. The summed E-state index contributed by atoms with van der Waals surface area (Å²) in [6.07, 6.45) is 1.99. The van der Waals surface area contributed by atoms with Gasteiger partial charge in [-0.05, 0) is 89.4 Å². The summed E-state index contributed by atoms with van der Waals surface area (Å²) in [5.74, 6) is 1.08. The van der Waals surface area contributed by atoms with Crippen LogP contribution in [0.4, 0.5) is 5.82 Å². The molecule has 178 valence electrons. The largest absolute Gasteiger partial charge is 0.379 e. The van der Waals surface area contributed by atoms with Gasteiger partial charge in [0.05, 0.1) is 0 Å². The smallest absolute Gasteiger partial charge is 0.339 e. The monoisotopic (exact) mass is 477 g/mol. The van der Waals surface area contributed by atoms with Crippen LogP contribution >= 0.6 is 0 Å². The number of aromatic nitrogens is 2. The molecular formula is C27H31N3O3S. The van der Waals surface area contributed by atoms with Crippen LogP contribution in [0.2, 0.25) is 0 Å². The molecule has 0 bridgehead atoms. The van der Waals surface area contributed by atoms with Crippen molar-refractivity contribution in [3.8, 4) is 17.0 Å². The molecule has 0 aliphatic heterocycles. The number of rotatable bonds is 5. The second kappa shape index (κ2) is 8.47. The van der Waals surface area contributed by atoms with E-state index >= 15 is 0 Å². The quantitative estimate of drug-likeness (QED) is 0.346. The van der Waals surface area contributed by atoms with E-state index in [2.05, 4.69) is 26.1 Å². The van der Waals surface area contributed by atoms with Crippen molar-refractivity contribution in [3.05, 3.63) is 77.0 Å². The van der Waals surface area contributed by atoms with Crippen LogP contribution < -0.4 is 9.50 Å². The van der Waals surface area contributed by atoms with Gasteiger partial charge in [0.15, 0.2) is 0 Å². The fraction of sp³-hybridized carbons (Fsp3) is 0.296. The van der Waals surface area contributed by atoms with Crippen molar-refractivity contribution in [2.45, 2.75) is 58.9 Å². The summed E-state index contributed by atoms with van der Waals surface area (Å²) in [4.78, 5) is 5.07. The minimum absolute atomic E-state index is 0.201. The molecule has 0 saturated carbocycles. The highest BCUT2D eigenvalue weighted by Crippen LogP contribution is 2.34. The zero-order valence-corrected chi connectivity index (χ0v) is 21.5. The molecule has 4 rings (SSSR count). The molecule has 0 fully saturated rings. The second-order valence-corrected chi connectivity index (χ2v) is 11.4. The standard InChI is InChI=1S/C27H31N3O3S/c1-17-11-12-30-23(15-17)28-24(26(30)29-27(5,6)7)21-9-8-10-22(16-21)33-34(31,32)25-19(3)13-18(2)14-20(25)4/h8-16,29H,1-7H3. The minimum atomic E-state index is -4.00. The maximum absolute atomic E-state index is 13.2. The molecule has 0 saturated heterocycles. The number of anilines is 1. The van der Waals surface area contributed by atoms with Crippen molar-refractivity contribution in [2.75, 3.05) is 5.32 Å². The Morgan fingerprint density at radius 1 is 0.912 bits per heavy atom. The second-order valence-electron chi connectivity index (χ2n) is 9.91. The fourth-order valence-corrected chi connectivity index (χ4v) is 5.59. The molecule has 2 aromatic heterocycles. The highest BCUT2D eigenvalue weighted by molar-refractivity contribution is 7.87. The van der Waals surface area contributed by atoms with Crippen LogP contribution in [-0.2, 0) is 10.1 Å². The average molecular weight is 478 g/mol. The zero-order valence-electron chi connectivity index (χ0n) is 20.7. The number of hydrogen-bond donors (Lipinski definition) is 1. The number of nitrogens with zero attached hydrogens (tertiary/aromatic N) is 2. The fourth-order valence-electron chi connectivity index (χ4n) is 4.25. The third kappa shape index (κ3) is 4.80. The van der Waals surface area contributed by atoms with Gasteiger partial charge >= 0.3 is 10.1 Å². The average Bonchev–Trinajstić information content (AvgIpc) is 3.02. The van der Waals surface area contributed by atoms with Crippen LogP contribution in [-0.4, -0.2) is 23.3 Å². The van der Waals surface area contributed by atoms with E-state index in [-0.39, 0.29) is 16.2 Å². The molecule has 0 spiro atoms.